The lowest BCUT2D eigenvalue weighted by Gasteiger charge is -2.46. The van der Waals surface area contributed by atoms with Crippen LogP contribution in [-0.2, 0) is 16.4 Å². The minimum Gasteiger partial charge on any atom is -0.454 e. The van der Waals surface area contributed by atoms with Gasteiger partial charge in [-0.15, -0.1) is 0 Å². The van der Waals surface area contributed by atoms with Crippen LogP contribution < -0.4 is 9.47 Å². The maximum Gasteiger partial charge on any atom is 0.231 e. The van der Waals surface area contributed by atoms with Gasteiger partial charge in [-0.1, -0.05) is 0 Å². The van der Waals surface area contributed by atoms with Crippen molar-refractivity contribution in [3.05, 3.63) is 34.5 Å². The Morgan fingerprint density at radius 3 is 2.72 bits per heavy atom. The summed E-state index contributed by atoms with van der Waals surface area (Å²) in [5.41, 5.74) is 4.90. The Kier molecular flexibility index (Phi) is 3.34. The number of ether oxygens (including phenoxy) is 2. The van der Waals surface area contributed by atoms with E-state index >= 15 is 0 Å². The van der Waals surface area contributed by atoms with Crippen molar-refractivity contribution in [2.24, 2.45) is 0 Å². The van der Waals surface area contributed by atoms with E-state index in [-0.39, 0.29) is 12.8 Å². The van der Waals surface area contributed by atoms with Crippen LogP contribution in [0.2, 0.25) is 0 Å². The van der Waals surface area contributed by atoms with Crippen LogP contribution in [0.15, 0.2) is 23.4 Å². The lowest BCUT2D eigenvalue weighted by atomic mass is 9.84. The largest absolute Gasteiger partial charge is 0.454 e. The fraction of sp³-hybridized carbons (Fsp3) is 0.556. The number of rotatable bonds is 1. The van der Waals surface area contributed by atoms with Crippen molar-refractivity contribution >= 4 is 10.0 Å². The molecule has 6 nitrogen and oxygen atoms in total. The smallest absolute Gasteiger partial charge is 0.231 e. The third-order valence-electron chi connectivity index (χ3n) is 5.83. The first kappa shape index (κ1) is 15.5. The van der Waals surface area contributed by atoms with Gasteiger partial charge >= 0.3 is 0 Å². The van der Waals surface area contributed by atoms with E-state index in [0.717, 1.165) is 56.0 Å². The topological polar surface area (TPSA) is 59.1 Å². The van der Waals surface area contributed by atoms with Crippen molar-refractivity contribution in [3.8, 4) is 11.5 Å². The second-order valence-electron chi connectivity index (χ2n) is 7.33. The van der Waals surface area contributed by atoms with Crippen LogP contribution in [0.4, 0.5) is 0 Å². The average molecular weight is 362 g/mol. The Morgan fingerprint density at radius 2 is 1.92 bits per heavy atom. The van der Waals surface area contributed by atoms with Crippen LogP contribution in [0.3, 0.4) is 0 Å². The second-order valence-corrected chi connectivity index (χ2v) is 9.24. The molecule has 25 heavy (non-hydrogen) atoms. The average Bonchev–Trinajstić information content (AvgIpc) is 3.04. The lowest BCUT2D eigenvalue weighted by molar-refractivity contribution is 0.167. The number of hydrogen-bond acceptors (Lipinski definition) is 5. The molecule has 0 aliphatic carbocycles. The molecule has 0 N–H and O–H groups in total. The van der Waals surface area contributed by atoms with Gasteiger partial charge in [0.2, 0.25) is 16.8 Å². The van der Waals surface area contributed by atoms with Crippen molar-refractivity contribution in [2.75, 3.05) is 32.7 Å². The van der Waals surface area contributed by atoms with E-state index in [1.165, 1.54) is 23.0 Å². The first-order chi connectivity index (χ1) is 12.0. The molecule has 0 fully saturated rings. The molecule has 134 valence electrons. The maximum atomic E-state index is 12.2. The summed E-state index contributed by atoms with van der Waals surface area (Å²) in [6.45, 7) is 2.77. The highest BCUT2D eigenvalue weighted by Crippen LogP contribution is 2.46. The van der Waals surface area contributed by atoms with Gasteiger partial charge in [0.1, 0.15) is 0 Å². The summed E-state index contributed by atoms with van der Waals surface area (Å²) in [6.07, 6.45) is 5.01. The number of hydrogen-bond donors (Lipinski definition) is 0. The minimum absolute atomic E-state index is 0.222. The summed E-state index contributed by atoms with van der Waals surface area (Å²) < 4.78 is 37.2. The molecule has 0 amide bonds. The molecular formula is C18H22N2O4S. The molecule has 4 aliphatic heterocycles. The molecule has 0 aromatic heterocycles. The van der Waals surface area contributed by atoms with E-state index in [2.05, 4.69) is 17.0 Å². The molecule has 5 rings (SSSR count). The quantitative estimate of drug-likeness (QED) is 0.765. The van der Waals surface area contributed by atoms with Crippen molar-refractivity contribution in [1.82, 2.24) is 9.21 Å². The lowest BCUT2D eigenvalue weighted by Crippen LogP contribution is -2.45. The van der Waals surface area contributed by atoms with Crippen molar-refractivity contribution in [1.29, 1.82) is 0 Å². The highest BCUT2D eigenvalue weighted by molar-refractivity contribution is 7.88. The van der Waals surface area contributed by atoms with E-state index in [0.29, 0.717) is 6.54 Å². The second kappa shape index (κ2) is 5.38. The van der Waals surface area contributed by atoms with Gasteiger partial charge in [-0.05, 0) is 48.1 Å². The van der Waals surface area contributed by atoms with Crippen LogP contribution in [0, 0.1) is 0 Å². The SMILES string of the molecule is CS(=O)(=O)N1CCCC2=C1CC1c3cc4c(cc3CCN1C2)OCO4. The molecule has 4 aliphatic rings. The molecule has 7 heteroatoms. The van der Waals surface area contributed by atoms with Crippen molar-refractivity contribution in [2.45, 2.75) is 31.7 Å². The Morgan fingerprint density at radius 1 is 1.12 bits per heavy atom. The van der Waals surface area contributed by atoms with Crippen LogP contribution in [0.25, 0.3) is 0 Å². The third kappa shape index (κ3) is 2.44. The van der Waals surface area contributed by atoms with Gasteiger partial charge in [0.05, 0.1) is 6.26 Å². The Hall–Kier alpha value is -1.73. The van der Waals surface area contributed by atoms with E-state index in [1.807, 2.05) is 0 Å². The monoisotopic (exact) mass is 362 g/mol. The third-order valence-corrected chi connectivity index (χ3v) is 7.04. The van der Waals surface area contributed by atoms with Crippen LogP contribution >= 0.6 is 0 Å². The fourth-order valence-corrected chi connectivity index (χ4v) is 5.74. The summed E-state index contributed by atoms with van der Waals surface area (Å²) in [7, 11) is -3.21. The van der Waals surface area contributed by atoms with Gasteiger partial charge in [-0.3, -0.25) is 9.21 Å². The summed E-state index contributed by atoms with van der Waals surface area (Å²) in [4.78, 5) is 2.50. The highest BCUT2D eigenvalue weighted by atomic mass is 32.2. The van der Waals surface area contributed by atoms with Crippen LogP contribution in [0.1, 0.15) is 36.4 Å². The van der Waals surface area contributed by atoms with Crippen LogP contribution in [-0.4, -0.2) is 50.3 Å². The molecule has 4 heterocycles. The molecular weight excluding hydrogens is 340 g/mol. The maximum absolute atomic E-state index is 12.2. The first-order valence-corrected chi connectivity index (χ1v) is 10.7. The highest BCUT2D eigenvalue weighted by Gasteiger charge is 2.38. The fourth-order valence-electron chi connectivity index (χ4n) is 4.67. The normalized spacial score (nSPS) is 25.5. The Balaban J connectivity index is 1.56. The zero-order chi connectivity index (χ0) is 17.2. The standard InChI is InChI=1S/C18H22N2O4S/c1-25(21,22)20-5-2-3-13-10-19-6-4-12-7-17-18(24-11-23-17)8-14(12)16(19)9-15(13)20/h7-8,16H,2-6,9-11H2,1H3. The van der Waals surface area contributed by atoms with Gasteiger partial charge in [-0.25, -0.2) is 8.42 Å². The molecule has 1 aromatic rings. The number of fused-ring (bicyclic) bond motifs is 4. The van der Waals surface area contributed by atoms with Gasteiger partial charge in [0.25, 0.3) is 0 Å². The molecule has 0 saturated heterocycles. The summed E-state index contributed by atoms with van der Waals surface area (Å²) in [6, 6.07) is 4.43. The van der Waals surface area contributed by atoms with Crippen LogP contribution in [0.5, 0.6) is 11.5 Å². The predicted molar refractivity (Wildman–Crippen MR) is 93.0 cm³/mol. The number of sulfonamides is 1. The molecule has 0 spiro atoms. The summed E-state index contributed by atoms with van der Waals surface area (Å²) >= 11 is 0. The van der Waals surface area contributed by atoms with Crippen molar-refractivity contribution in [3.63, 3.8) is 0 Å². The number of benzene rings is 1. The summed E-state index contributed by atoms with van der Waals surface area (Å²) in [5.74, 6) is 1.64. The molecule has 0 saturated carbocycles. The molecule has 1 atom stereocenters. The van der Waals surface area contributed by atoms with E-state index < -0.39 is 10.0 Å². The Bertz CT molecular complexity index is 877. The summed E-state index contributed by atoms with van der Waals surface area (Å²) in [5, 5.41) is 0. The van der Waals surface area contributed by atoms with Gasteiger partial charge in [0.15, 0.2) is 11.5 Å². The molecule has 0 bridgehead atoms. The van der Waals surface area contributed by atoms with Gasteiger partial charge in [-0.2, -0.15) is 0 Å². The number of nitrogens with zero attached hydrogens (tertiary/aromatic N) is 2. The molecule has 0 radical (unpaired) electrons. The Labute approximate surface area is 148 Å². The van der Waals surface area contributed by atoms with Crippen molar-refractivity contribution < 1.29 is 17.9 Å². The zero-order valence-electron chi connectivity index (χ0n) is 14.3. The van der Waals surface area contributed by atoms with Gasteiger partial charge in [0, 0.05) is 37.8 Å². The first-order valence-electron chi connectivity index (χ1n) is 8.86. The van der Waals surface area contributed by atoms with E-state index in [9.17, 15) is 8.42 Å². The zero-order valence-corrected chi connectivity index (χ0v) is 15.1. The van der Waals surface area contributed by atoms with E-state index in [4.69, 9.17) is 9.47 Å². The van der Waals surface area contributed by atoms with E-state index in [1.54, 1.807) is 4.31 Å². The molecule has 1 aromatic carbocycles. The predicted octanol–water partition coefficient (Wildman–Crippen LogP) is 2.03. The molecule has 1 unspecified atom stereocenters. The van der Waals surface area contributed by atoms with Gasteiger partial charge < -0.3 is 9.47 Å². The minimum atomic E-state index is -3.21.